The summed E-state index contributed by atoms with van der Waals surface area (Å²) in [6.45, 7) is 2.19. The predicted octanol–water partition coefficient (Wildman–Crippen LogP) is 4.19. The molecule has 0 saturated carbocycles. The number of nitrogens with one attached hydrogen (secondary N) is 1. The second kappa shape index (κ2) is 8.83. The Kier molecular flexibility index (Phi) is 5.95. The maximum Gasteiger partial charge on any atom is 0.279 e. The maximum atomic E-state index is 12.7. The highest BCUT2D eigenvalue weighted by Gasteiger charge is 2.14. The Bertz CT molecular complexity index is 1510. The normalized spacial score (nSPS) is 11.9. The zero-order valence-electron chi connectivity index (χ0n) is 17.1. The second-order valence-corrected chi connectivity index (χ2v) is 9.75. The lowest BCUT2D eigenvalue weighted by molar-refractivity contribution is 0.0998. The molecule has 0 atom stereocenters. The number of sulfonamides is 1. The van der Waals surface area contributed by atoms with Crippen LogP contribution in [0, 0.1) is 19.3 Å². The van der Waals surface area contributed by atoms with Crippen molar-refractivity contribution in [3.63, 3.8) is 0 Å². The van der Waals surface area contributed by atoms with Crippen LogP contribution in [0.15, 0.2) is 82.7 Å². The predicted molar refractivity (Wildman–Crippen MR) is 127 cm³/mol. The number of aryl methyl sites for hydroxylation is 1. The van der Waals surface area contributed by atoms with Crippen molar-refractivity contribution in [2.24, 2.45) is 4.99 Å². The van der Waals surface area contributed by atoms with Crippen LogP contribution in [0.25, 0.3) is 10.2 Å². The van der Waals surface area contributed by atoms with Gasteiger partial charge in [0.25, 0.3) is 15.9 Å². The number of aromatic nitrogens is 1. The van der Waals surface area contributed by atoms with Gasteiger partial charge >= 0.3 is 0 Å². The number of hydrogen-bond acceptors (Lipinski definition) is 4. The third-order valence-corrected chi connectivity index (χ3v) is 7.21. The lowest BCUT2D eigenvalue weighted by Gasteiger charge is -2.08. The first-order valence-corrected chi connectivity index (χ1v) is 12.0. The largest absolute Gasteiger partial charge is 0.305 e. The van der Waals surface area contributed by atoms with Crippen molar-refractivity contribution in [3.8, 4) is 12.3 Å². The van der Waals surface area contributed by atoms with Crippen LogP contribution in [0.1, 0.15) is 15.9 Å². The third kappa shape index (κ3) is 4.49. The van der Waals surface area contributed by atoms with Crippen molar-refractivity contribution in [1.82, 2.24) is 4.57 Å². The molecule has 0 spiro atoms. The molecule has 4 rings (SSSR count). The second-order valence-electron chi connectivity index (χ2n) is 7.06. The molecule has 0 aliphatic heterocycles. The Morgan fingerprint density at radius 2 is 1.75 bits per heavy atom. The van der Waals surface area contributed by atoms with Gasteiger partial charge < -0.3 is 4.57 Å². The van der Waals surface area contributed by atoms with Crippen molar-refractivity contribution >= 4 is 43.2 Å². The molecular formula is C24H19N3O3S2. The number of hydrogen-bond donors (Lipinski definition) is 1. The van der Waals surface area contributed by atoms with Crippen molar-refractivity contribution in [3.05, 3.63) is 88.7 Å². The van der Waals surface area contributed by atoms with E-state index in [1.165, 1.54) is 35.6 Å². The summed E-state index contributed by atoms with van der Waals surface area (Å²) in [7, 11) is -3.72. The quantitative estimate of drug-likeness (QED) is 0.453. The summed E-state index contributed by atoms with van der Waals surface area (Å²) in [5.74, 6) is 2.16. The van der Waals surface area contributed by atoms with Crippen LogP contribution in [0.5, 0.6) is 0 Å². The molecule has 0 unspecified atom stereocenters. The van der Waals surface area contributed by atoms with E-state index in [2.05, 4.69) is 15.6 Å². The molecule has 4 aromatic rings. The topological polar surface area (TPSA) is 80.5 Å². The zero-order valence-corrected chi connectivity index (χ0v) is 18.8. The van der Waals surface area contributed by atoms with Crippen LogP contribution in [-0.4, -0.2) is 18.9 Å². The number of carbonyl (C=O) groups excluding carboxylic acids is 1. The summed E-state index contributed by atoms with van der Waals surface area (Å²) < 4.78 is 30.4. The number of anilines is 1. The van der Waals surface area contributed by atoms with Crippen LogP contribution in [0.3, 0.4) is 0 Å². The van der Waals surface area contributed by atoms with E-state index >= 15 is 0 Å². The van der Waals surface area contributed by atoms with Crippen molar-refractivity contribution in [1.29, 1.82) is 0 Å². The number of rotatable bonds is 5. The van der Waals surface area contributed by atoms with Crippen LogP contribution in [0.2, 0.25) is 0 Å². The molecule has 1 heterocycles. The number of fused-ring (bicyclic) bond motifs is 1. The summed E-state index contributed by atoms with van der Waals surface area (Å²) in [6, 6.07) is 20.4. The first-order valence-electron chi connectivity index (χ1n) is 9.68. The fraction of sp³-hybridized carbons (Fsp3) is 0.0833. The fourth-order valence-corrected chi connectivity index (χ4v) is 5.20. The van der Waals surface area contributed by atoms with Crippen LogP contribution in [0.4, 0.5) is 5.69 Å². The van der Waals surface area contributed by atoms with E-state index in [9.17, 15) is 13.2 Å². The van der Waals surface area contributed by atoms with Gasteiger partial charge in [-0.05, 0) is 55.5 Å². The number of amides is 1. The summed E-state index contributed by atoms with van der Waals surface area (Å²) in [4.78, 5) is 17.7. The average molecular weight is 462 g/mol. The molecule has 0 fully saturated rings. The first kappa shape index (κ1) is 21.6. The van der Waals surface area contributed by atoms with Gasteiger partial charge in [-0.3, -0.25) is 9.52 Å². The van der Waals surface area contributed by atoms with Gasteiger partial charge in [-0.1, -0.05) is 47.1 Å². The molecule has 160 valence electrons. The average Bonchev–Trinajstić information content (AvgIpc) is 3.11. The summed E-state index contributed by atoms with van der Waals surface area (Å²) >= 11 is 1.38. The van der Waals surface area contributed by atoms with Gasteiger partial charge in [0.2, 0.25) is 0 Å². The third-order valence-electron chi connectivity index (χ3n) is 4.75. The Labute approximate surface area is 189 Å². The van der Waals surface area contributed by atoms with Crippen molar-refractivity contribution < 1.29 is 13.2 Å². The standard InChI is InChI=1S/C24H19N3O3S2/c1-3-16-27-21-6-4-5-7-22(21)31-24(27)25-23(28)18-10-12-19(13-11-18)26-32(29,30)20-14-8-17(2)9-15-20/h1,4-15,26H,16H2,2H3. The van der Waals surface area contributed by atoms with Crippen molar-refractivity contribution in [2.75, 3.05) is 4.72 Å². The minimum absolute atomic E-state index is 0.168. The highest BCUT2D eigenvalue weighted by molar-refractivity contribution is 7.92. The lowest BCUT2D eigenvalue weighted by Crippen LogP contribution is -2.16. The van der Waals surface area contributed by atoms with Gasteiger partial charge in [0.05, 0.1) is 21.7 Å². The van der Waals surface area contributed by atoms with E-state index in [4.69, 9.17) is 6.42 Å². The van der Waals surface area contributed by atoms with E-state index in [1.807, 2.05) is 35.8 Å². The van der Waals surface area contributed by atoms with Gasteiger partial charge in [-0.25, -0.2) is 8.42 Å². The van der Waals surface area contributed by atoms with E-state index in [1.54, 1.807) is 24.3 Å². The molecule has 0 saturated heterocycles. The number of carbonyl (C=O) groups is 1. The Hall–Kier alpha value is -3.67. The molecule has 3 aromatic carbocycles. The van der Waals surface area contributed by atoms with E-state index in [0.29, 0.717) is 22.6 Å². The van der Waals surface area contributed by atoms with Crippen LogP contribution in [-0.2, 0) is 16.6 Å². The number of benzene rings is 3. The maximum absolute atomic E-state index is 12.7. The molecule has 1 aromatic heterocycles. The lowest BCUT2D eigenvalue weighted by atomic mass is 10.2. The van der Waals surface area contributed by atoms with Crippen molar-refractivity contribution in [2.45, 2.75) is 18.4 Å². The molecular weight excluding hydrogens is 442 g/mol. The highest BCUT2D eigenvalue weighted by Crippen LogP contribution is 2.19. The molecule has 1 N–H and O–H groups in total. The summed E-state index contributed by atoms with van der Waals surface area (Å²) in [6.07, 6.45) is 5.49. The smallest absolute Gasteiger partial charge is 0.279 e. The fourth-order valence-electron chi connectivity index (χ4n) is 3.11. The van der Waals surface area contributed by atoms with Gasteiger partial charge in [-0.15, -0.1) is 6.42 Å². The minimum Gasteiger partial charge on any atom is -0.305 e. The van der Waals surface area contributed by atoms with Crippen LogP contribution >= 0.6 is 11.3 Å². The molecule has 1 amide bonds. The van der Waals surface area contributed by atoms with Gasteiger partial charge in [-0.2, -0.15) is 4.99 Å². The molecule has 0 aliphatic rings. The molecule has 0 radical (unpaired) electrons. The summed E-state index contributed by atoms with van der Waals surface area (Å²) in [5.41, 5.74) is 2.58. The molecule has 8 heteroatoms. The van der Waals surface area contributed by atoms with Crippen LogP contribution < -0.4 is 9.52 Å². The molecule has 6 nitrogen and oxygen atoms in total. The van der Waals surface area contributed by atoms with E-state index in [-0.39, 0.29) is 4.90 Å². The number of nitrogens with zero attached hydrogens (tertiary/aromatic N) is 2. The Morgan fingerprint density at radius 1 is 1.06 bits per heavy atom. The molecule has 0 bridgehead atoms. The first-order chi connectivity index (χ1) is 15.4. The van der Waals surface area contributed by atoms with Gasteiger partial charge in [0.1, 0.15) is 0 Å². The molecule has 32 heavy (non-hydrogen) atoms. The monoisotopic (exact) mass is 461 g/mol. The Balaban J connectivity index is 1.59. The van der Waals surface area contributed by atoms with Gasteiger partial charge in [0, 0.05) is 11.3 Å². The number of para-hydroxylation sites is 1. The van der Waals surface area contributed by atoms with E-state index in [0.717, 1.165) is 15.8 Å². The molecule has 0 aliphatic carbocycles. The number of thiazole rings is 1. The SMILES string of the molecule is C#CCn1c(=NC(=O)c2ccc(NS(=O)(=O)c3ccc(C)cc3)cc2)sc2ccccc21. The number of terminal acetylenes is 1. The van der Waals surface area contributed by atoms with Gasteiger partial charge in [0.15, 0.2) is 4.80 Å². The van der Waals surface area contributed by atoms with E-state index < -0.39 is 15.9 Å². The Morgan fingerprint density at radius 3 is 2.44 bits per heavy atom. The highest BCUT2D eigenvalue weighted by atomic mass is 32.2. The minimum atomic E-state index is -3.72. The summed E-state index contributed by atoms with van der Waals surface area (Å²) in [5, 5.41) is 0. The zero-order chi connectivity index (χ0) is 22.7.